The Labute approximate surface area is 122 Å². The number of pyridine rings is 1. The number of nitrogens with one attached hydrogen (secondary N) is 1. The van der Waals surface area contributed by atoms with E-state index in [0.717, 1.165) is 11.3 Å². The summed E-state index contributed by atoms with van der Waals surface area (Å²) in [6, 6.07) is 10.00. The number of aromatic nitrogens is 1. The molecule has 1 heterocycles. The molecule has 0 saturated carbocycles. The van der Waals surface area contributed by atoms with Crippen molar-refractivity contribution in [1.29, 1.82) is 0 Å². The van der Waals surface area contributed by atoms with E-state index in [1.807, 2.05) is 19.1 Å². The third kappa shape index (κ3) is 4.54. The van der Waals surface area contributed by atoms with E-state index >= 15 is 0 Å². The minimum atomic E-state index is -0.430. The Morgan fingerprint density at radius 3 is 2.71 bits per heavy atom. The first-order chi connectivity index (χ1) is 10.2. The molecule has 6 heteroatoms. The van der Waals surface area contributed by atoms with Crippen LogP contribution in [-0.2, 0) is 6.54 Å². The average Bonchev–Trinajstić information content (AvgIpc) is 2.49. The summed E-state index contributed by atoms with van der Waals surface area (Å²) in [5, 5.41) is 13.8. The van der Waals surface area contributed by atoms with Crippen molar-refractivity contribution in [3.05, 3.63) is 64.0 Å². The molecule has 0 aliphatic rings. The molecule has 1 aromatic heterocycles. The molecule has 0 unspecified atom stereocenters. The number of nitro benzene ring substituents is 1. The van der Waals surface area contributed by atoms with Gasteiger partial charge >= 0.3 is 0 Å². The van der Waals surface area contributed by atoms with E-state index in [1.165, 1.54) is 12.1 Å². The van der Waals surface area contributed by atoms with Crippen LogP contribution < -0.4 is 10.1 Å². The van der Waals surface area contributed by atoms with Gasteiger partial charge in [-0.15, -0.1) is 0 Å². The van der Waals surface area contributed by atoms with Crippen molar-refractivity contribution in [1.82, 2.24) is 10.3 Å². The monoisotopic (exact) mass is 287 g/mol. The predicted molar refractivity (Wildman–Crippen MR) is 79.3 cm³/mol. The number of rotatable bonds is 7. The first kappa shape index (κ1) is 14.9. The van der Waals surface area contributed by atoms with Crippen LogP contribution in [0.3, 0.4) is 0 Å². The van der Waals surface area contributed by atoms with Gasteiger partial charge in [-0.3, -0.25) is 15.1 Å². The molecule has 0 bridgehead atoms. The van der Waals surface area contributed by atoms with Crippen LogP contribution in [0.5, 0.6) is 5.75 Å². The molecule has 0 spiro atoms. The van der Waals surface area contributed by atoms with E-state index in [4.69, 9.17) is 4.74 Å². The second kappa shape index (κ2) is 7.35. The molecule has 0 aliphatic heterocycles. The summed E-state index contributed by atoms with van der Waals surface area (Å²) >= 11 is 0. The topological polar surface area (TPSA) is 77.3 Å². The van der Waals surface area contributed by atoms with Gasteiger partial charge in [-0.2, -0.15) is 0 Å². The van der Waals surface area contributed by atoms with Crippen molar-refractivity contribution >= 4 is 5.69 Å². The average molecular weight is 287 g/mol. The fourth-order valence-electron chi connectivity index (χ4n) is 1.82. The van der Waals surface area contributed by atoms with Crippen LogP contribution in [-0.4, -0.2) is 23.1 Å². The van der Waals surface area contributed by atoms with Gasteiger partial charge in [0.25, 0.3) is 5.69 Å². The number of aryl methyl sites for hydroxylation is 1. The summed E-state index contributed by atoms with van der Waals surface area (Å²) in [6.45, 7) is 3.88. The van der Waals surface area contributed by atoms with Crippen molar-refractivity contribution in [2.45, 2.75) is 13.5 Å². The first-order valence-corrected chi connectivity index (χ1v) is 6.65. The normalized spacial score (nSPS) is 10.3. The van der Waals surface area contributed by atoms with Crippen LogP contribution in [0.4, 0.5) is 5.69 Å². The van der Waals surface area contributed by atoms with Crippen LogP contribution in [0.25, 0.3) is 0 Å². The summed E-state index contributed by atoms with van der Waals surface area (Å²) in [6.07, 6.45) is 1.78. The molecule has 2 rings (SSSR count). The van der Waals surface area contributed by atoms with Crippen LogP contribution in [0.15, 0.2) is 42.6 Å². The maximum atomic E-state index is 10.5. The second-order valence-corrected chi connectivity index (χ2v) is 4.54. The summed E-state index contributed by atoms with van der Waals surface area (Å²) in [5.41, 5.74) is 2.24. The largest absolute Gasteiger partial charge is 0.492 e. The Morgan fingerprint density at radius 2 is 2.05 bits per heavy atom. The van der Waals surface area contributed by atoms with Gasteiger partial charge in [-0.1, -0.05) is 6.07 Å². The molecule has 6 nitrogen and oxygen atoms in total. The van der Waals surface area contributed by atoms with Gasteiger partial charge in [-0.25, -0.2) is 0 Å². The molecule has 0 fully saturated rings. The predicted octanol–water partition coefficient (Wildman–Crippen LogP) is 2.47. The number of hydrogen-bond acceptors (Lipinski definition) is 5. The van der Waals surface area contributed by atoms with Crippen molar-refractivity contribution < 1.29 is 9.66 Å². The number of nitro groups is 1. The maximum Gasteiger partial charge on any atom is 0.269 e. The van der Waals surface area contributed by atoms with Gasteiger partial charge < -0.3 is 10.1 Å². The fourth-order valence-corrected chi connectivity index (χ4v) is 1.82. The lowest BCUT2D eigenvalue weighted by Crippen LogP contribution is -2.21. The number of benzene rings is 1. The standard InChI is InChI=1S/C15H17N3O3/c1-12-3-2-8-17-15(12)11-16-9-10-21-14-6-4-13(5-7-14)18(19)20/h2-8,16H,9-11H2,1H3. The lowest BCUT2D eigenvalue weighted by molar-refractivity contribution is -0.384. The highest BCUT2D eigenvalue weighted by atomic mass is 16.6. The summed E-state index contributed by atoms with van der Waals surface area (Å²) in [4.78, 5) is 14.4. The zero-order chi connectivity index (χ0) is 15.1. The highest BCUT2D eigenvalue weighted by Crippen LogP contribution is 2.16. The third-order valence-corrected chi connectivity index (χ3v) is 3.01. The van der Waals surface area contributed by atoms with Crippen molar-refractivity contribution in [3.63, 3.8) is 0 Å². The maximum absolute atomic E-state index is 10.5. The third-order valence-electron chi connectivity index (χ3n) is 3.01. The molecule has 0 atom stereocenters. The fraction of sp³-hybridized carbons (Fsp3) is 0.267. The van der Waals surface area contributed by atoms with Crippen LogP contribution in [0.1, 0.15) is 11.3 Å². The molecular formula is C15H17N3O3. The number of ether oxygens (including phenoxy) is 1. The van der Waals surface area contributed by atoms with Crippen LogP contribution >= 0.6 is 0 Å². The zero-order valence-electron chi connectivity index (χ0n) is 11.8. The number of nitrogens with zero attached hydrogens (tertiary/aromatic N) is 2. The first-order valence-electron chi connectivity index (χ1n) is 6.65. The minimum absolute atomic E-state index is 0.0612. The molecule has 21 heavy (non-hydrogen) atoms. The van der Waals surface area contributed by atoms with Gasteiger partial charge in [0.2, 0.25) is 0 Å². The van der Waals surface area contributed by atoms with Gasteiger partial charge in [0.05, 0.1) is 10.6 Å². The van der Waals surface area contributed by atoms with E-state index in [0.29, 0.717) is 25.4 Å². The minimum Gasteiger partial charge on any atom is -0.492 e. The van der Waals surface area contributed by atoms with E-state index < -0.39 is 4.92 Å². The van der Waals surface area contributed by atoms with Gasteiger partial charge in [0, 0.05) is 31.4 Å². The molecule has 0 radical (unpaired) electrons. The highest BCUT2D eigenvalue weighted by molar-refractivity contribution is 5.35. The lowest BCUT2D eigenvalue weighted by Gasteiger charge is -2.08. The van der Waals surface area contributed by atoms with E-state index in [1.54, 1.807) is 18.3 Å². The van der Waals surface area contributed by atoms with E-state index in [9.17, 15) is 10.1 Å². The quantitative estimate of drug-likeness (QED) is 0.481. The molecule has 0 saturated heterocycles. The Bertz CT molecular complexity index is 599. The number of hydrogen-bond donors (Lipinski definition) is 1. The van der Waals surface area contributed by atoms with E-state index in [-0.39, 0.29) is 5.69 Å². The Balaban J connectivity index is 1.70. The van der Waals surface area contributed by atoms with Crippen molar-refractivity contribution in [2.24, 2.45) is 0 Å². The number of non-ortho nitro benzene ring substituents is 1. The van der Waals surface area contributed by atoms with Crippen molar-refractivity contribution in [3.8, 4) is 5.75 Å². The Morgan fingerprint density at radius 1 is 1.29 bits per heavy atom. The molecule has 1 N–H and O–H groups in total. The van der Waals surface area contributed by atoms with Gasteiger partial charge in [-0.05, 0) is 30.7 Å². The molecule has 110 valence electrons. The summed E-state index contributed by atoms with van der Waals surface area (Å²) in [5.74, 6) is 0.622. The van der Waals surface area contributed by atoms with Crippen LogP contribution in [0.2, 0.25) is 0 Å². The van der Waals surface area contributed by atoms with Gasteiger partial charge in [0.15, 0.2) is 0 Å². The Kier molecular flexibility index (Phi) is 5.22. The summed E-state index contributed by atoms with van der Waals surface area (Å²) < 4.78 is 5.50. The molecule has 2 aromatic rings. The van der Waals surface area contributed by atoms with E-state index in [2.05, 4.69) is 10.3 Å². The molecule has 1 aromatic carbocycles. The van der Waals surface area contributed by atoms with Crippen molar-refractivity contribution in [2.75, 3.05) is 13.2 Å². The SMILES string of the molecule is Cc1cccnc1CNCCOc1ccc([N+](=O)[O-])cc1. The highest BCUT2D eigenvalue weighted by Gasteiger charge is 2.04. The summed E-state index contributed by atoms with van der Waals surface area (Å²) in [7, 11) is 0. The Hall–Kier alpha value is -2.47. The molecular weight excluding hydrogens is 270 g/mol. The second-order valence-electron chi connectivity index (χ2n) is 4.54. The zero-order valence-corrected chi connectivity index (χ0v) is 11.8. The molecule has 0 amide bonds. The van der Waals surface area contributed by atoms with Gasteiger partial charge in [0.1, 0.15) is 12.4 Å². The lowest BCUT2D eigenvalue weighted by atomic mass is 10.2. The smallest absolute Gasteiger partial charge is 0.269 e. The van der Waals surface area contributed by atoms with Crippen LogP contribution in [0, 0.1) is 17.0 Å². The molecule has 0 aliphatic carbocycles.